The van der Waals surface area contributed by atoms with E-state index in [1.165, 1.54) is 0 Å². The van der Waals surface area contributed by atoms with Gasteiger partial charge in [-0.25, -0.2) is 9.67 Å². The van der Waals surface area contributed by atoms with Crippen molar-refractivity contribution >= 4 is 0 Å². The molecule has 1 aromatic carbocycles. The fourth-order valence-corrected chi connectivity index (χ4v) is 2.76. The zero-order chi connectivity index (χ0) is 17.9. The number of aryl methyl sites for hydroxylation is 2. The van der Waals surface area contributed by atoms with Crippen LogP contribution in [0.25, 0.3) is 16.8 Å². The minimum absolute atomic E-state index is 0.561. The Balaban J connectivity index is 1.63. The van der Waals surface area contributed by atoms with Crippen LogP contribution in [0.2, 0.25) is 0 Å². The molecule has 4 aromatic rings. The van der Waals surface area contributed by atoms with E-state index in [4.69, 9.17) is 4.74 Å². The average molecular weight is 342 g/mol. The normalized spacial score (nSPS) is 10.7. The third-order valence-electron chi connectivity index (χ3n) is 4.13. The van der Waals surface area contributed by atoms with E-state index >= 15 is 0 Å². The lowest BCUT2D eigenvalue weighted by Gasteiger charge is -2.12. The van der Waals surface area contributed by atoms with Crippen LogP contribution in [0, 0.1) is 13.8 Å². The topological polar surface area (TPSA) is 52.8 Å². The molecule has 128 valence electrons. The van der Waals surface area contributed by atoms with Crippen LogP contribution in [0.4, 0.5) is 0 Å². The van der Waals surface area contributed by atoms with Gasteiger partial charge in [0.25, 0.3) is 0 Å². The number of hydrogen-bond donors (Lipinski definition) is 0. The highest BCUT2D eigenvalue weighted by Gasteiger charge is 2.11. The van der Waals surface area contributed by atoms with Crippen LogP contribution in [0.3, 0.4) is 0 Å². The van der Waals surface area contributed by atoms with Crippen molar-refractivity contribution in [2.75, 3.05) is 0 Å². The van der Waals surface area contributed by atoms with Crippen LogP contribution < -0.4 is 4.74 Å². The molecule has 0 bridgehead atoms. The molecule has 5 nitrogen and oxygen atoms in total. The molecule has 5 heteroatoms. The van der Waals surface area contributed by atoms with Gasteiger partial charge in [0.15, 0.2) is 0 Å². The lowest BCUT2D eigenvalue weighted by Crippen LogP contribution is -1.95. The fraction of sp³-hybridized carbons (Fsp3) is 0.0952. The van der Waals surface area contributed by atoms with Crippen LogP contribution in [-0.4, -0.2) is 19.7 Å². The molecule has 4 rings (SSSR count). The lowest BCUT2D eigenvalue weighted by molar-refractivity contribution is 0.465. The SMILES string of the molecule is Cc1cnn(-c2ccc(Oc3ncccc3-c3cnccc3C)cc2)c1. The number of hydrogen-bond acceptors (Lipinski definition) is 4. The third-order valence-corrected chi connectivity index (χ3v) is 4.13. The molecule has 0 spiro atoms. The number of aromatic nitrogens is 4. The number of ether oxygens (including phenoxy) is 1. The average Bonchev–Trinajstić information content (AvgIpc) is 3.10. The van der Waals surface area contributed by atoms with Gasteiger partial charge in [-0.15, -0.1) is 0 Å². The molecular weight excluding hydrogens is 324 g/mol. The van der Waals surface area contributed by atoms with Gasteiger partial charge < -0.3 is 4.74 Å². The highest BCUT2D eigenvalue weighted by molar-refractivity contribution is 5.71. The van der Waals surface area contributed by atoms with Crippen LogP contribution >= 0.6 is 0 Å². The summed E-state index contributed by atoms with van der Waals surface area (Å²) in [5.74, 6) is 1.28. The van der Waals surface area contributed by atoms with Gasteiger partial charge in [-0.3, -0.25) is 4.98 Å². The Labute approximate surface area is 151 Å². The van der Waals surface area contributed by atoms with E-state index in [1.807, 2.05) is 72.7 Å². The first-order valence-corrected chi connectivity index (χ1v) is 8.36. The molecule has 0 N–H and O–H groups in total. The molecule has 0 radical (unpaired) electrons. The van der Waals surface area contributed by atoms with E-state index in [2.05, 4.69) is 22.0 Å². The predicted molar refractivity (Wildman–Crippen MR) is 101 cm³/mol. The zero-order valence-corrected chi connectivity index (χ0v) is 14.6. The molecule has 0 aliphatic heterocycles. The van der Waals surface area contributed by atoms with E-state index in [0.29, 0.717) is 5.88 Å². The Bertz CT molecular complexity index is 1040. The van der Waals surface area contributed by atoms with E-state index in [-0.39, 0.29) is 0 Å². The zero-order valence-electron chi connectivity index (χ0n) is 14.6. The molecule has 3 aromatic heterocycles. The maximum atomic E-state index is 6.05. The highest BCUT2D eigenvalue weighted by atomic mass is 16.5. The Hall–Kier alpha value is -3.47. The molecule has 0 amide bonds. The van der Waals surface area contributed by atoms with Crippen molar-refractivity contribution in [3.05, 3.63) is 84.6 Å². The van der Waals surface area contributed by atoms with E-state index < -0.39 is 0 Å². The van der Waals surface area contributed by atoms with Crippen molar-refractivity contribution in [3.8, 4) is 28.4 Å². The van der Waals surface area contributed by atoms with Crippen molar-refractivity contribution in [1.82, 2.24) is 19.7 Å². The maximum absolute atomic E-state index is 6.05. The molecule has 0 atom stereocenters. The van der Waals surface area contributed by atoms with Crippen molar-refractivity contribution in [2.45, 2.75) is 13.8 Å². The molecule has 26 heavy (non-hydrogen) atoms. The monoisotopic (exact) mass is 342 g/mol. The van der Waals surface area contributed by atoms with Gasteiger partial charge in [-0.1, -0.05) is 0 Å². The summed E-state index contributed by atoms with van der Waals surface area (Å²) in [5, 5.41) is 4.32. The minimum Gasteiger partial charge on any atom is -0.438 e. The Morgan fingerprint density at radius 1 is 0.885 bits per heavy atom. The van der Waals surface area contributed by atoms with E-state index in [0.717, 1.165) is 33.7 Å². The third kappa shape index (κ3) is 3.19. The van der Waals surface area contributed by atoms with Gasteiger partial charge in [-0.2, -0.15) is 5.10 Å². The largest absolute Gasteiger partial charge is 0.438 e. The van der Waals surface area contributed by atoms with Crippen LogP contribution in [0.5, 0.6) is 11.6 Å². The predicted octanol–water partition coefficient (Wildman–Crippen LogP) is 4.74. The second kappa shape index (κ2) is 6.80. The minimum atomic E-state index is 0.561. The first-order valence-electron chi connectivity index (χ1n) is 8.36. The van der Waals surface area contributed by atoms with Gasteiger partial charge in [0, 0.05) is 35.9 Å². The maximum Gasteiger partial charge on any atom is 0.227 e. The van der Waals surface area contributed by atoms with Gasteiger partial charge in [0.2, 0.25) is 5.88 Å². The van der Waals surface area contributed by atoms with E-state index in [1.54, 1.807) is 12.4 Å². The molecule has 0 saturated heterocycles. The molecule has 0 aliphatic rings. The van der Waals surface area contributed by atoms with Gasteiger partial charge in [0.1, 0.15) is 5.75 Å². The van der Waals surface area contributed by atoms with Gasteiger partial charge in [-0.05, 0) is 67.4 Å². The summed E-state index contributed by atoms with van der Waals surface area (Å²) in [6.45, 7) is 4.07. The molecular formula is C21H18N4O. The molecule has 0 saturated carbocycles. The number of nitrogens with zero attached hydrogens (tertiary/aromatic N) is 4. The first kappa shape index (κ1) is 16.0. The van der Waals surface area contributed by atoms with Gasteiger partial charge in [0.05, 0.1) is 11.9 Å². The van der Waals surface area contributed by atoms with Crippen molar-refractivity contribution in [3.63, 3.8) is 0 Å². The Morgan fingerprint density at radius 3 is 2.46 bits per heavy atom. The molecule has 3 heterocycles. The summed E-state index contributed by atoms with van der Waals surface area (Å²) in [5.41, 5.74) is 5.16. The molecule has 0 unspecified atom stereocenters. The number of rotatable bonds is 4. The smallest absolute Gasteiger partial charge is 0.227 e. The quantitative estimate of drug-likeness (QED) is 0.537. The second-order valence-corrected chi connectivity index (χ2v) is 6.10. The summed E-state index contributed by atoms with van der Waals surface area (Å²) in [6, 6.07) is 13.7. The fourth-order valence-electron chi connectivity index (χ4n) is 2.76. The summed E-state index contributed by atoms with van der Waals surface area (Å²) >= 11 is 0. The Morgan fingerprint density at radius 2 is 1.73 bits per heavy atom. The van der Waals surface area contributed by atoms with Crippen LogP contribution in [0.15, 0.2) is 73.4 Å². The number of pyridine rings is 2. The second-order valence-electron chi connectivity index (χ2n) is 6.10. The van der Waals surface area contributed by atoms with E-state index in [9.17, 15) is 0 Å². The number of benzene rings is 1. The summed E-state index contributed by atoms with van der Waals surface area (Å²) in [6.07, 6.45) is 9.16. The van der Waals surface area contributed by atoms with Crippen LogP contribution in [0.1, 0.15) is 11.1 Å². The summed E-state index contributed by atoms with van der Waals surface area (Å²) < 4.78 is 7.88. The van der Waals surface area contributed by atoms with Crippen molar-refractivity contribution in [2.24, 2.45) is 0 Å². The standard InChI is InChI=1S/C21H18N4O/c1-15-12-24-25(14-15)17-5-7-18(8-6-17)26-21-19(4-3-10-23-21)20-13-22-11-9-16(20)2/h3-14H,1-2H3. The molecule has 0 fully saturated rings. The van der Waals surface area contributed by atoms with Crippen molar-refractivity contribution in [1.29, 1.82) is 0 Å². The Kier molecular flexibility index (Phi) is 4.19. The first-order chi connectivity index (χ1) is 12.7. The summed E-state index contributed by atoms with van der Waals surface area (Å²) in [4.78, 5) is 8.63. The van der Waals surface area contributed by atoms with Crippen molar-refractivity contribution < 1.29 is 4.74 Å². The van der Waals surface area contributed by atoms with Crippen LogP contribution in [-0.2, 0) is 0 Å². The van der Waals surface area contributed by atoms with Gasteiger partial charge >= 0.3 is 0 Å². The summed E-state index contributed by atoms with van der Waals surface area (Å²) in [7, 11) is 0. The lowest BCUT2D eigenvalue weighted by atomic mass is 10.0. The molecule has 0 aliphatic carbocycles. The highest BCUT2D eigenvalue weighted by Crippen LogP contribution is 2.32.